The third-order valence-electron chi connectivity index (χ3n) is 6.96. The van der Waals surface area contributed by atoms with Gasteiger partial charge in [0.1, 0.15) is 17.4 Å². The third kappa shape index (κ3) is 6.59. The van der Waals surface area contributed by atoms with Crippen LogP contribution in [-0.2, 0) is 9.53 Å². The van der Waals surface area contributed by atoms with Crippen molar-refractivity contribution >= 4 is 47.1 Å². The maximum atomic E-state index is 13.6. The lowest BCUT2D eigenvalue weighted by Gasteiger charge is -2.28. The van der Waals surface area contributed by atoms with E-state index < -0.39 is 5.82 Å². The van der Waals surface area contributed by atoms with Crippen molar-refractivity contribution in [2.75, 3.05) is 51.1 Å². The SMILES string of the molecule is C=Nc1cc(OC)c(NC(=O)/C=C/CN2CCOCC3CCCC32)cc1/C(=N\C)Nc1ccc(F)c(Cl)c1. The first-order valence-electron chi connectivity index (χ1n) is 12.6. The highest BCUT2D eigenvalue weighted by molar-refractivity contribution is 6.31. The molecule has 2 aromatic rings. The lowest BCUT2D eigenvalue weighted by atomic mass is 10.0. The number of nitrogens with one attached hydrogen (secondary N) is 2. The van der Waals surface area contributed by atoms with E-state index in [1.54, 1.807) is 31.3 Å². The summed E-state index contributed by atoms with van der Waals surface area (Å²) < 4.78 is 24.9. The maximum Gasteiger partial charge on any atom is 0.248 e. The Labute approximate surface area is 227 Å². The third-order valence-corrected chi connectivity index (χ3v) is 7.25. The molecule has 2 aromatic carbocycles. The topological polar surface area (TPSA) is 87.5 Å². The van der Waals surface area contributed by atoms with E-state index in [0.29, 0.717) is 52.7 Å². The van der Waals surface area contributed by atoms with Crippen molar-refractivity contribution in [1.29, 1.82) is 0 Å². The van der Waals surface area contributed by atoms with Crippen molar-refractivity contribution in [3.8, 4) is 5.75 Å². The second kappa shape index (κ2) is 13.0. The molecule has 38 heavy (non-hydrogen) atoms. The van der Waals surface area contributed by atoms with Gasteiger partial charge in [-0.1, -0.05) is 24.1 Å². The highest BCUT2D eigenvalue weighted by atomic mass is 35.5. The summed E-state index contributed by atoms with van der Waals surface area (Å²) in [5, 5.41) is 6.01. The van der Waals surface area contributed by atoms with Crippen LogP contribution < -0.4 is 15.4 Å². The number of carbonyl (C=O) groups excluding carboxylic acids is 1. The number of methoxy groups -OCH3 is 1. The number of amidine groups is 1. The van der Waals surface area contributed by atoms with Gasteiger partial charge in [-0.3, -0.25) is 19.7 Å². The van der Waals surface area contributed by atoms with E-state index in [2.05, 4.69) is 32.2 Å². The minimum absolute atomic E-state index is 0.0156. The van der Waals surface area contributed by atoms with Gasteiger partial charge in [-0.2, -0.15) is 0 Å². The molecular formula is C28H33ClFN5O3. The normalized spacial score (nSPS) is 20.2. The van der Waals surface area contributed by atoms with Crippen LogP contribution in [0.5, 0.6) is 5.75 Å². The molecule has 4 rings (SSSR count). The lowest BCUT2D eigenvalue weighted by Crippen LogP contribution is -2.38. The summed E-state index contributed by atoms with van der Waals surface area (Å²) in [7, 11) is 3.12. The zero-order chi connectivity index (χ0) is 27.1. The number of rotatable bonds is 8. The molecule has 1 aliphatic heterocycles. The highest BCUT2D eigenvalue weighted by Crippen LogP contribution is 2.34. The molecule has 2 aliphatic rings. The number of carbonyl (C=O) groups is 1. The molecule has 2 fully saturated rings. The van der Waals surface area contributed by atoms with Crippen LogP contribution in [0.25, 0.3) is 0 Å². The first-order chi connectivity index (χ1) is 18.4. The second-order valence-corrected chi connectivity index (χ2v) is 9.68. The minimum Gasteiger partial charge on any atom is -0.494 e. The zero-order valence-electron chi connectivity index (χ0n) is 21.7. The number of hydrogen-bond donors (Lipinski definition) is 2. The number of nitrogens with zero attached hydrogens (tertiary/aromatic N) is 3. The Balaban J connectivity index is 1.50. The van der Waals surface area contributed by atoms with Gasteiger partial charge in [-0.25, -0.2) is 4.39 Å². The molecule has 8 nitrogen and oxygen atoms in total. The van der Waals surface area contributed by atoms with Crippen LogP contribution in [0.2, 0.25) is 5.02 Å². The summed E-state index contributed by atoms with van der Waals surface area (Å²) in [5.41, 5.74) is 2.05. The van der Waals surface area contributed by atoms with Gasteiger partial charge < -0.3 is 20.1 Å². The molecule has 0 radical (unpaired) electrons. The molecule has 10 heteroatoms. The Hall–Kier alpha value is -3.27. The number of halogens is 2. The van der Waals surface area contributed by atoms with Crippen LogP contribution in [0.1, 0.15) is 24.8 Å². The zero-order valence-corrected chi connectivity index (χ0v) is 22.4. The molecule has 2 unspecified atom stereocenters. The van der Waals surface area contributed by atoms with Crippen LogP contribution in [0, 0.1) is 11.7 Å². The van der Waals surface area contributed by atoms with E-state index in [9.17, 15) is 9.18 Å². The second-order valence-electron chi connectivity index (χ2n) is 9.27. The first kappa shape index (κ1) is 27.8. The quantitative estimate of drug-likeness (QED) is 0.269. The Morgan fingerprint density at radius 1 is 1.32 bits per heavy atom. The largest absolute Gasteiger partial charge is 0.494 e. The number of hydrogen-bond acceptors (Lipinski definition) is 6. The average Bonchev–Trinajstić information content (AvgIpc) is 3.30. The summed E-state index contributed by atoms with van der Waals surface area (Å²) in [6.45, 7) is 6.76. The van der Waals surface area contributed by atoms with Gasteiger partial charge >= 0.3 is 0 Å². The molecule has 0 bridgehead atoms. The predicted molar refractivity (Wildman–Crippen MR) is 151 cm³/mol. The Morgan fingerprint density at radius 3 is 2.89 bits per heavy atom. The fourth-order valence-electron chi connectivity index (χ4n) is 5.08. The molecule has 2 atom stereocenters. The lowest BCUT2D eigenvalue weighted by molar-refractivity contribution is -0.111. The van der Waals surface area contributed by atoms with Crippen LogP contribution >= 0.6 is 11.6 Å². The molecule has 0 spiro atoms. The van der Waals surface area contributed by atoms with E-state index in [-0.39, 0.29) is 10.9 Å². The molecule has 1 aliphatic carbocycles. The van der Waals surface area contributed by atoms with Crippen molar-refractivity contribution < 1.29 is 18.7 Å². The summed E-state index contributed by atoms with van der Waals surface area (Å²) >= 11 is 5.93. The molecule has 2 N–H and O–H groups in total. The maximum absolute atomic E-state index is 13.6. The minimum atomic E-state index is -0.518. The van der Waals surface area contributed by atoms with Gasteiger partial charge in [0.2, 0.25) is 5.91 Å². The molecule has 0 aromatic heterocycles. The summed E-state index contributed by atoms with van der Waals surface area (Å²) in [6.07, 6.45) is 7.04. The molecule has 1 saturated heterocycles. The molecular weight excluding hydrogens is 509 g/mol. The van der Waals surface area contributed by atoms with Crippen molar-refractivity contribution in [3.05, 3.63) is 58.9 Å². The summed E-state index contributed by atoms with van der Waals surface area (Å²) in [6, 6.07) is 8.18. The smallest absolute Gasteiger partial charge is 0.248 e. The number of fused-ring (bicyclic) bond motifs is 1. The van der Waals surface area contributed by atoms with Gasteiger partial charge in [-0.05, 0) is 49.7 Å². The van der Waals surface area contributed by atoms with E-state index in [4.69, 9.17) is 21.1 Å². The van der Waals surface area contributed by atoms with Crippen LogP contribution in [0.3, 0.4) is 0 Å². The van der Waals surface area contributed by atoms with Gasteiger partial charge in [0.05, 0.1) is 36.7 Å². The number of ether oxygens (including phenoxy) is 2. The summed E-state index contributed by atoms with van der Waals surface area (Å²) in [5.74, 6) is 0.634. The van der Waals surface area contributed by atoms with Gasteiger partial charge in [0.15, 0.2) is 0 Å². The molecule has 1 saturated carbocycles. The van der Waals surface area contributed by atoms with Gasteiger partial charge in [0, 0.05) is 49.6 Å². The number of benzene rings is 2. The Bertz CT molecular complexity index is 1240. The summed E-state index contributed by atoms with van der Waals surface area (Å²) in [4.78, 5) is 23.7. The van der Waals surface area contributed by atoms with E-state index >= 15 is 0 Å². The van der Waals surface area contributed by atoms with Crippen molar-refractivity contribution in [2.24, 2.45) is 15.9 Å². The van der Waals surface area contributed by atoms with Crippen LogP contribution in [0.4, 0.5) is 21.5 Å². The van der Waals surface area contributed by atoms with Crippen molar-refractivity contribution in [3.63, 3.8) is 0 Å². The first-order valence-corrected chi connectivity index (χ1v) is 13.0. The standard InChI is InChI=1S/C28H33ClFN5O3/c1-31-23-16-26(37-3)24(15-20(23)28(32-2)33-19-9-10-22(30)21(29)14-19)34-27(36)8-5-11-35-12-13-38-17-18-6-4-7-25(18)35/h5,8-10,14-16,18,25H,1,4,6-7,11-13,17H2,2-3H3,(H,32,33)(H,34,36)/b8-5+. The molecule has 1 heterocycles. The van der Waals surface area contributed by atoms with E-state index in [0.717, 1.165) is 19.8 Å². The van der Waals surface area contributed by atoms with Crippen LogP contribution in [-0.4, -0.2) is 69.9 Å². The number of anilines is 2. The number of amides is 1. The monoisotopic (exact) mass is 541 g/mol. The highest BCUT2D eigenvalue weighted by Gasteiger charge is 2.33. The number of aliphatic imine (C=N–C) groups is 2. The van der Waals surface area contributed by atoms with Crippen LogP contribution in [0.15, 0.2) is 52.5 Å². The van der Waals surface area contributed by atoms with Gasteiger partial charge in [0.25, 0.3) is 0 Å². The average molecular weight is 542 g/mol. The molecule has 1 amide bonds. The van der Waals surface area contributed by atoms with Gasteiger partial charge in [-0.15, -0.1) is 0 Å². The predicted octanol–water partition coefficient (Wildman–Crippen LogP) is 5.30. The fourth-order valence-corrected chi connectivity index (χ4v) is 5.26. The Kier molecular flexibility index (Phi) is 9.49. The van der Waals surface area contributed by atoms with Crippen molar-refractivity contribution in [1.82, 2.24) is 4.90 Å². The fraction of sp³-hybridized carbons (Fsp3) is 0.393. The van der Waals surface area contributed by atoms with Crippen molar-refractivity contribution in [2.45, 2.75) is 25.3 Å². The van der Waals surface area contributed by atoms with E-state index in [1.807, 2.05) is 6.08 Å². The molecule has 202 valence electrons. The Morgan fingerprint density at radius 2 is 2.16 bits per heavy atom. The van der Waals surface area contributed by atoms with E-state index in [1.165, 1.54) is 38.5 Å².